The summed E-state index contributed by atoms with van der Waals surface area (Å²) in [4.78, 5) is 10.8. The number of carboxylic acids is 1. The highest BCUT2D eigenvalue weighted by Gasteiger charge is 2.15. The zero-order valence-corrected chi connectivity index (χ0v) is 11.5. The molecule has 1 aromatic rings. The molecule has 0 aliphatic carbocycles. The molecule has 1 aromatic carbocycles. The van der Waals surface area contributed by atoms with Crippen LogP contribution < -0.4 is 5.32 Å². The summed E-state index contributed by atoms with van der Waals surface area (Å²) in [5, 5.41) is 20.7. The number of rotatable bonds is 6. The highest BCUT2D eigenvalue weighted by molar-refractivity contribution is 9.10. The Bertz CT molecular complexity index is 438. The molecule has 1 rings (SSSR count). The summed E-state index contributed by atoms with van der Waals surface area (Å²) in [5.41, 5.74) is 0.138. The van der Waals surface area contributed by atoms with E-state index in [4.69, 9.17) is 10.2 Å². The molecular formula is C12H15BrFNO3. The fourth-order valence-corrected chi connectivity index (χ4v) is 1.99. The monoisotopic (exact) mass is 319 g/mol. The smallest absolute Gasteiger partial charge is 0.336 e. The summed E-state index contributed by atoms with van der Waals surface area (Å²) in [6, 6.07) is 2.73. The largest absolute Gasteiger partial charge is 0.478 e. The minimum absolute atomic E-state index is 0.0597. The van der Waals surface area contributed by atoms with E-state index in [9.17, 15) is 9.18 Å². The molecule has 3 N–H and O–H groups in total. The maximum Gasteiger partial charge on any atom is 0.336 e. The Balaban J connectivity index is 2.68. The van der Waals surface area contributed by atoms with Gasteiger partial charge in [0.25, 0.3) is 0 Å². The Hall–Kier alpha value is -1.14. The summed E-state index contributed by atoms with van der Waals surface area (Å²) in [7, 11) is 0. The molecule has 0 aromatic heterocycles. The van der Waals surface area contributed by atoms with Crippen molar-refractivity contribution in [2.45, 2.75) is 25.9 Å². The highest BCUT2D eigenvalue weighted by atomic mass is 79.9. The Kier molecular flexibility index (Phi) is 5.55. The fraction of sp³-hybridized carbons (Fsp3) is 0.417. The molecule has 1 unspecified atom stereocenters. The van der Waals surface area contributed by atoms with Crippen molar-refractivity contribution in [2.75, 3.05) is 11.9 Å². The molecule has 0 fully saturated rings. The van der Waals surface area contributed by atoms with Crippen LogP contribution >= 0.6 is 15.9 Å². The SMILES string of the molecule is CC(O)CCCNc1ccc(C(=O)O)c(Br)c1F. The molecule has 4 nitrogen and oxygen atoms in total. The van der Waals surface area contributed by atoms with Crippen LogP contribution in [0.25, 0.3) is 0 Å². The maximum atomic E-state index is 13.8. The molecule has 0 amide bonds. The Morgan fingerprint density at radius 2 is 2.22 bits per heavy atom. The standard InChI is InChI=1S/C12H15BrFNO3/c1-7(16)3-2-6-15-9-5-4-8(12(17)18)10(13)11(9)14/h4-5,7,15-16H,2-3,6H2,1H3,(H,17,18). The molecule has 0 saturated heterocycles. The fourth-order valence-electron chi connectivity index (χ4n) is 1.47. The lowest BCUT2D eigenvalue weighted by molar-refractivity contribution is 0.0695. The molecule has 0 bridgehead atoms. The van der Waals surface area contributed by atoms with Gasteiger partial charge < -0.3 is 15.5 Å². The number of carboxylic acid groups (broad SMARTS) is 1. The van der Waals surface area contributed by atoms with E-state index in [1.54, 1.807) is 6.92 Å². The first-order chi connectivity index (χ1) is 8.43. The molecule has 0 saturated carbocycles. The molecule has 0 heterocycles. The van der Waals surface area contributed by atoms with Crippen LogP contribution in [0.4, 0.5) is 10.1 Å². The minimum Gasteiger partial charge on any atom is -0.478 e. The summed E-state index contributed by atoms with van der Waals surface area (Å²) in [6.45, 7) is 2.21. The molecule has 0 aliphatic heterocycles. The van der Waals surface area contributed by atoms with E-state index >= 15 is 0 Å². The number of aromatic carboxylic acids is 1. The van der Waals surface area contributed by atoms with E-state index in [1.807, 2.05) is 0 Å². The van der Waals surface area contributed by atoms with Gasteiger partial charge in [0.2, 0.25) is 0 Å². The molecule has 1 atom stereocenters. The van der Waals surface area contributed by atoms with E-state index in [2.05, 4.69) is 21.2 Å². The molecule has 100 valence electrons. The van der Waals surface area contributed by atoms with E-state index < -0.39 is 11.8 Å². The summed E-state index contributed by atoms with van der Waals surface area (Å²) in [5.74, 6) is -1.80. The van der Waals surface area contributed by atoms with Gasteiger partial charge in [0.05, 0.1) is 21.8 Å². The van der Waals surface area contributed by atoms with E-state index in [1.165, 1.54) is 12.1 Å². The minimum atomic E-state index is -1.18. The average Bonchev–Trinajstić information content (AvgIpc) is 2.29. The maximum absolute atomic E-state index is 13.8. The first-order valence-electron chi connectivity index (χ1n) is 5.56. The van der Waals surface area contributed by atoms with Crippen LogP contribution in [-0.2, 0) is 0 Å². The number of hydrogen-bond acceptors (Lipinski definition) is 3. The first kappa shape index (κ1) is 14.9. The predicted octanol–water partition coefficient (Wildman–Crippen LogP) is 2.86. The van der Waals surface area contributed by atoms with Crippen molar-refractivity contribution in [2.24, 2.45) is 0 Å². The molecule has 6 heteroatoms. The lowest BCUT2D eigenvalue weighted by atomic mass is 10.2. The topological polar surface area (TPSA) is 69.6 Å². The van der Waals surface area contributed by atoms with Crippen molar-refractivity contribution < 1.29 is 19.4 Å². The van der Waals surface area contributed by atoms with Gasteiger partial charge in [-0.05, 0) is 47.8 Å². The van der Waals surface area contributed by atoms with Gasteiger partial charge in [0, 0.05) is 6.54 Å². The van der Waals surface area contributed by atoms with Crippen molar-refractivity contribution >= 4 is 27.6 Å². The number of halogens is 2. The number of anilines is 1. The van der Waals surface area contributed by atoms with Crippen LogP contribution in [-0.4, -0.2) is 28.8 Å². The third-order valence-electron chi connectivity index (χ3n) is 2.43. The number of benzene rings is 1. The third kappa shape index (κ3) is 3.96. The third-order valence-corrected chi connectivity index (χ3v) is 3.20. The van der Waals surface area contributed by atoms with Crippen molar-refractivity contribution in [1.82, 2.24) is 0 Å². The quantitative estimate of drug-likeness (QED) is 0.705. The van der Waals surface area contributed by atoms with Crippen molar-refractivity contribution in [1.29, 1.82) is 0 Å². The van der Waals surface area contributed by atoms with Gasteiger partial charge in [-0.1, -0.05) is 0 Å². The Morgan fingerprint density at radius 3 is 2.78 bits per heavy atom. The van der Waals surface area contributed by atoms with Gasteiger partial charge >= 0.3 is 5.97 Å². The molecule has 18 heavy (non-hydrogen) atoms. The zero-order chi connectivity index (χ0) is 13.7. The van der Waals surface area contributed by atoms with Gasteiger partial charge in [0.15, 0.2) is 5.82 Å². The zero-order valence-electron chi connectivity index (χ0n) is 9.91. The van der Waals surface area contributed by atoms with Crippen LogP contribution in [0, 0.1) is 5.82 Å². The van der Waals surface area contributed by atoms with Gasteiger partial charge in [-0.25, -0.2) is 9.18 Å². The summed E-state index contributed by atoms with van der Waals surface area (Å²) < 4.78 is 13.7. The molecule has 0 spiro atoms. The van der Waals surface area contributed by atoms with Gasteiger partial charge in [0.1, 0.15) is 0 Å². The van der Waals surface area contributed by atoms with E-state index in [0.717, 1.165) is 0 Å². The predicted molar refractivity (Wildman–Crippen MR) is 70.5 cm³/mol. The van der Waals surface area contributed by atoms with Crippen LogP contribution in [0.2, 0.25) is 0 Å². The van der Waals surface area contributed by atoms with Crippen LogP contribution in [0.5, 0.6) is 0 Å². The van der Waals surface area contributed by atoms with Gasteiger partial charge in [-0.2, -0.15) is 0 Å². The van der Waals surface area contributed by atoms with E-state index in [-0.39, 0.29) is 21.8 Å². The second kappa shape index (κ2) is 6.70. The number of aliphatic hydroxyl groups is 1. The van der Waals surface area contributed by atoms with Gasteiger partial charge in [-0.3, -0.25) is 0 Å². The molecule has 0 aliphatic rings. The summed E-state index contributed by atoms with van der Waals surface area (Å²) >= 11 is 2.93. The normalized spacial score (nSPS) is 12.2. The summed E-state index contributed by atoms with van der Waals surface area (Å²) in [6.07, 6.45) is 0.955. The highest BCUT2D eigenvalue weighted by Crippen LogP contribution is 2.27. The van der Waals surface area contributed by atoms with E-state index in [0.29, 0.717) is 19.4 Å². The molecular weight excluding hydrogens is 305 g/mol. The number of nitrogens with one attached hydrogen (secondary N) is 1. The van der Waals surface area contributed by atoms with Crippen molar-refractivity contribution in [3.63, 3.8) is 0 Å². The lowest BCUT2D eigenvalue weighted by Gasteiger charge is -2.10. The Labute approximate surface area is 113 Å². The second-order valence-electron chi connectivity index (χ2n) is 4.01. The molecule has 0 radical (unpaired) electrons. The number of hydrogen-bond donors (Lipinski definition) is 3. The first-order valence-corrected chi connectivity index (χ1v) is 6.36. The van der Waals surface area contributed by atoms with Crippen LogP contribution in [0.1, 0.15) is 30.1 Å². The van der Waals surface area contributed by atoms with Crippen molar-refractivity contribution in [3.8, 4) is 0 Å². The van der Waals surface area contributed by atoms with Crippen LogP contribution in [0.15, 0.2) is 16.6 Å². The van der Waals surface area contributed by atoms with Gasteiger partial charge in [-0.15, -0.1) is 0 Å². The number of carbonyl (C=O) groups is 1. The van der Waals surface area contributed by atoms with Crippen molar-refractivity contribution in [3.05, 3.63) is 28.0 Å². The average molecular weight is 320 g/mol. The van der Waals surface area contributed by atoms with Crippen LogP contribution in [0.3, 0.4) is 0 Å². The lowest BCUT2D eigenvalue weighted by Crippen LogP contribution is -2.09. The second-order valence-corrected chi connectivity index (χ2v) is 4.80. The number of aliphatic hydroxyl groups excluding tert-OH is 1. The Morgan fingerprint density at radius 1 is 1.56 bits per heavy atom.